The van der Waals surface area contributed by atoms with Crippen LogP contribution in [0.2, 0.25) is 0 Å². The van der Waals surface area contributed by atoms with Gasteiger partial charge in [0, 0.05) is 6.07 Å². The molecule has 1 saturated heterocycles. The molecule has 0 spiro atoms. The number of hydrogen-bond acceptors (Lipinski definition) is 4. The van der Waals surface area contributed by atoms with Crippen LogP contribution in [0.1, 0.15) is 31.1 Å². The molecule has 2 unspecified atom stereocenters. The minimum atomic E-state index is -1.10. The average Bonchev–Trinajstić information content (AvgIpc) is 2.39. The molecule has 1 fully saturated rings. The highest BCUT2D eigenvalue weighted by Crippen LogP contribution is 2.37. The topological polar surface area (TPSA) is 47.8 Å². The van der Waals surface area contributed by atoms with Gasteiger partial charge >= 0.3 is 5.97 Å². The van der Waals surface area contributed by atoms with E-state index in [1.54, 1.807) is 13.8 Å². The largest absolute Gasteiger partial charge is 0.459 e. The van der Waals surface area contributed by atoms with Gasteiger partial charge in [0.1, 0.15) is 0 Å². The van der Waals surface area contributed by atoms with Gasteiger partial charge in [-0.25, -0.2) is 13.6 Å². The predicted molar refractivity (Wildman–Crippen MR) is 76.6 cm³/mol. The fraction of sp³-hybridized carbons (Fsp3) is 0.333. The lowest BCUT2D eigenvalue weighted by Gasteiger charge is -2.39. The molecule has 2 aliphatic rings. The minimum absolute atomic E-state index is 0.00793. The normalized spacial score (nSPS) is 23.1. The molecule has 1 aromatic rings. The molecule has 1 aromatic carbocycles. The van der Waals surface area contributed by atoms with Gasteiger partial charge in [-0.05, 0) is 38.6 Å². The molecule has 0 bridgehead atoms. The smallest absolute Gasteiger partial charge is 0.349 e. The summed E-state index contributed by atoms with van der Waals surface area (Å²) in [5.74, 6) is -3.44. The van der Waals surface area contributed by atoms with E-state index in [2.05, 4.69) is 0 Å². The van der Waals surface area contributed by atoms with Crippen molar-refractivity contribution in [1.29, 1.82) is 0 Å². The number of Topliss-reactive ketones (excluding diaryl/α,β-unsaturated/α-hetero) is 1. The van der Waals surface area contributed by atoms with Gasteiger partial charge in [0.2, 0.25) is 5.78 Å². The van der Waals surface area contributed by atoms with Gasteiger partial charge in [0.15, 0.2) is 33.3 Å². The third-order valence-corrected chi connectivity index (χ3v) is 4.79. The number of carbonyl (C=O) groups is 2. The summed E-state index contributed by atoms with van der Waals surface area (Å²) in [6.07, 6.45) is -0.370. The SMILES string of the molecule is CC(C)OC(=O)C1=C2SC(C)[NH+]2c2cc(F)c(F)cc2C1=O. The van der Waals surface area contributed by atoms with E-state index < -0.39 is 23.4 Å². The summed E-state index contributed by atoms with van der Waals surface area (Å²) in [5, 5.41) is 0.523. The van der Waals surface area contributed by atoms with E-state index in [1.807, 2.05) is 6.92 Å². The molecular weight excluding hydrogens is 312 g/mol. The first-order valence-electron chi connectivity index (χ1n) is 6.84. The van der Waals surface area contributed by atoms with E-state index in [-0.39, 0.29) is 22.6 Å². The molecule has 116 valence electrons. The van der Waals surface area contributed by atoms with Gasteiger partial charge < -0.3 is 4.74 Å². The van der Waals surface area contributed by atoms with Crippen molar-refractivity contribution in [1.82, 2.24) is 0 Å². The standard InChI is InChI=1S/C15H13F2NO3S/c1-6(2)21-15(20)12-13(19)8-4-9(16)10(17)5-11(8)18-7(3)22-14(12)18/h4-7H,1-3H3/p+1. The lowest BCUT2D eigenvalue weighted by Crippen LogP contribution is -3.14. The van der Waals surface area contributed by atoms with Crippen molar-refractivity contribution in [3.63, 3.8) is 0 Å². The maximum absolute atomic E-state index is 13.5. The molecule has 3 rings (SSSR count). The van der Waals surface area contributed by atoms with E-state index in [0.29, 0.717) is 15.6 Å². The number of halogens is 2. The molecule has 0 radical (unpaired) electrons. The molecule has 0 aromatic heterocycles. The summed E-state index contributed by atoms with van der Waals surface area (Å²) in [4.78, 5) is 25.4. The second-order valence-electron chi connectivity index (χ2n) is 5.47. The molecule has 0 aliphatic carbocycles. The molecule has 1 N–H and O–H groups in total. The lowest BCUT2D eigenvalue weighted by molar-refractivity contribution is -0.806. The molecule has 2 heterocycles. The fourth-order valence-electron chi connectivity index (χ4n) is 2.61. The third-order valence-electron chi connectivity index (χ3n) is 3.54. The maximum atomic E-state index is 13.5. The van der Waals surface area contributed by atoms with Crippen molar-refractivity contribution in [2.45, 2.75) is 32.2 Å². The van der Waals surface area contributed by atoms with Gasteiger partial charge in [0.05, 0.1) is 11.7 Å². The number of benzene rings is 1. The number of fused-ring (bicyclic) bond motifs is 3. The zero-order chi connectivity index (χ0) is 16.2. The number of nitrogens with one attached hydrogen (secondary N) is 1. The summed E-state index contributed by atoms with van der Waals surface area (Å²) in [6.45, 7) is 5.25. The van der Waals surface area contributed by atoms with Crippen LogP contribution in [0.25, 0.3) is 0 Å². The fourth-order valence-corrected chi connectivity index (χ4v) is 3.85. The highest BCUT2D eigenvalue weighted by molar-refractivity contribution is 8.04. The van der Waals surface area contributed by atoms with E-state index in [1.165, 1.54) is 11.8 Å². The van der Waals surface area contributed by atoms with E-state index >= 15 is 0 Å². The Morgan fingerprint density at radius 1 is 1.32 bits per heavy atom. The Balaban J connectivity index is 2.12. The van der Waals surface area contributed by atoms with Crippen molar-refractivity contribution in [3.05, 3.63) is 39.9 Å². The number of quaternary nitrogens is 1. The highest BCUT2D eigenvalue weighted by Gasteiger charge is 2.51. The Hall–Kier alpha value is -1.73. The van der Waals surface area contributed by atoms with Crippen molar-refractivity contribution in [2.75, 3.05) is 0 Å². The van der Waals surface area contributed by atoms with Crippen molar-refractivity contribution in [2.24, 2.45) is 0 Å². The van der Waals surface area contributed by atoms with Gasteiger partial charge in [0.25, 0.3) is 0 Å². The Morgan fingerprint density at radius 3 is 2.55 bits per heavy atom. The van der Waals surface area contributed by atoms with Gasteiger partial charge in [-0.1, -0.05) is 0 Å². The van der Waals surface area contributed by atoms with Crippen molar-refractivity contribution >= 4 is 29.2 Å². The van der Waals surface area contributed by atoms with Crippen LogP contribution in [0.4, 0.5) is 14.5 Å². The first-order valence-corrected chi connectivity index (χ1v) is 7.72. The second kappa shape index (κ2) is 5.17. The first-order chi connectivity index (χ1) is 10.3. The molecular formula is C15H14F2NO3S+. The molecule has 2 atom stereocenters. The number of esters is 1. The van der Waals surface area contributed by atoms with Crippen LogP contribution in [0.15, 0.2) is 22.7 Å². The van der Waals surface area contributed by atoms with Crippen LogP contribution in [0.5, 0.6) is 0 Å². The Labute approximate surface area is 130 Å². The summed E-state index contributed by atoms with van der Waals surface area (Å²) < 4.78 is 32.1. The van der Waals surface area contributed by atoms with Crippen molar-refractivity contribution < 1.29 is 28.0 Å². The predicted octanol–water partition coefficient (Wildman–Crippen LogP) is 1.93. The lowest BCUT2D eigenvalue weighted by atomic mass is 9.97. The van der Waals surface area contributed by atoms with Crippen LogP contribution in [0, 0.1) is 11.6 Å². The second-order valence-corrected chi connectivity index (χ2v) is 6.82. The summed E-state index contributed by atoms with van der Waals surface area (Å²) >= 11 is 1.36. The number of ketones is 1. The van der Waals surface area contributed by atoms with Crippen LogP contribution in [-0.4, -0.2) is 23.2 Å². The first kappa shape index (κ1) is 15.2. The monoisotopic (exact) mass is 326 g/mol. The van der Waals surface area contributed by atoms with Crippen molar-refractivity contribution in [3.8, 4) is 0 Å². The molecule has 4 nitrogen and oxygen atoms in total. The summed E-state index contributed by atoms with van der Waals surface area (Å²) in [7, 11) is 0. The maximum Gasteiger partial charge on any atom is 0.349 e. The summed E-state index contributed by atoms with van der Waals surface area (Å²) in [5.41, 5.74) is 0.303. The third kappa shape index (κ3) is 2.16. The molecule has 22 heavy (non-hydrogen) atoms. The van der Waals surface area contributed by atoms with Crippen LogP contribution < -0.4 is 4.90 Å². The number of ether oxygens (including phenoxy) is 1. The van der Waals surface area contributed by atoms with Gasteiger partial charge in [-0.3, -0.25) is 9.69 Å². The van der Waals surface area contributed by atoms with E-state index in [9.17, 15) is 18.4 Å². The molecule has 0 saturated carbocycles. The molecule has 2 aliphatic heterocycles. The highest BCUT2D eigenvalue weighted by atomic mass is 32.2. The van der Waals surface area contributed by atoms with E-state index in [4.69, 9.17) is 4.74 Å². The molecule has 7 heteroatoms. The number of carbonyl (C=O) groups excluding carboxylic acids is 2. The Morgan fingerprint density at radius 2 is 1.95 bits per heavy atom. The van der Waals surface area contributed by atoms with Crippen LogP contribution in [-0.2, 0) is 9.53 Å². The zero-order valence-corrected chi connectivity index (χ0v) is 13.0. The summed E-state index contributed by atoms with van der Waals surface area (Å²) in [6, 6.07) is 1.88. The number of thioether (sulfide) groups is 1. The average molecular weight is 326 g/mol. The quantitative estimate of drug-likeness (QED) is 0.666. The number of hydrogen-bond donors (Lipinski definition) is 1. The van der Waals surface area contributed by atoms with Gasteiger partial charge in [-0.15, -0.1) is 0 Å². The Kier molecular flexibility index (Phi) is 3.57. The van der Waals surface area contributed by atoms with Crippen LogP contribution >= 0.6 is 11.8 Å². The Bertz CT molecular complexity index is 730. The van der Waals surface area contributed by atoms with Crippen LogP contribution in [0.3, 0.4) is 0 Å². The van der Waals surface area contributed by atoms with E-state index in [0.717, 1.165) is 12.1 Å². The number of rotatable bonds is 2. The zero-order valence-electron chi connectivity index (χ0n) is 12.2. The molecule has 0 amide bonds. The van der Waals surface area contributed by atoms with Gasteiger partial charge in [-0.2, -0.15) is 0 Å². The minimum Gasteiger partial charge on any atom is -0.459 e.